The summed E-state index contributed by atoms with van der Waals surface area (Å²) in [7, 11) is -1.45. The van der Waals surface area contributed by atoms with Crippen molar-refractivity contribution in [2.45, 2.75) is 26.3 Å². The van der Waals surface area contributed by atoms with Crippen LogP contribution in [-0.4, -0.2) is 68.9 Å². The molecule has 24 heavy (non-hydrogen) atoms. The summed E-state index contributed by atoms with van der Waals surface area (Å²) in [5, 5.41) is 4.06. The van der Waals surface area contributed by atoms with Crippen molar-refractivity contribution in [3.05, 3.63) is 17.5 Å². The molecule has 0 unspecified atom stereocenters. The van der Waals surface area contributed by atoms with Gasteiger partial charge in [0.15, 0.2) is 0 Å². The van der Waals surface area contributed by atoms with Gasteiger partial charge in [-0.05, 0) is 38.3 Å². The van der Waals surface area contributed by atoms with E-state index in [0.29, 0.717) is 19.7 Å². The molecule has 0 bridgehead atoms. The van der Waals surface area contributed by atoms with E-state index in [9.17, 15) is 8.42 Å². The molecule has 8 heteroatoms. The van der Waals surface area contributed by atoms with Crippen LogP contribution in [0.15, 0.2) is 10.6 Å². The highest BCUT2D eigenvalue weighted by Gasteiger charge is 2.50. The minimum atomic E-state index is -3.15. The molecule has 2 saturated heterocycles. The fraction of sp³-hybridized carbons (Fsp3) is 0.812. The second kappa shape index (κ2) is 6.74. The van der Waals surface area contributed by atoms with Crippen LogP contribution in [0, 0.1) is 18.3 Å². The molecule has 2 fully saturated rings. The van der Waals surface area contributed by atoms with E-state index in [-0.39, 0.29) is 11.3 Å². The molecule has 1 aromatic rings. The number of rotatable bonds is 5. The topological polar surface area (TPSA) is 75.9 Å². The summed E-state index contributed by atoms with van der Waals surface area (Å²) in [4.78, 5) is 2.37. The molecule has 2 aliphatic heterocycles. The highest BCUT2D eigenvalue weighted by molar-refractivity contribution is 7.88. The maximum absolute atomic E-state index is 12.0. The van der Waals surface area contributed by atoms with Gasteiger partial charge in [0.25, 0.3) is 0 Å². The smallest absolute Gasteiger partial charge is 0.211 e. The van der Waals surface area contributed by atoms with Gasteiger partial charge < -0.3 is 9.26 Å². The quantitative estimate of drug-likeness (QED) is 0.786. The normalized spacial score (nSPS) is 25.5. The Morgan fingerprint density at radius 1 is 1.42 bits per heavy atom. The van der Waals surface area contributed by atoms with Crippen molar-refractivity contribution < 1.29 is 17.7 Å². The van der Waals surface area contributed by atoms with E-state index in [4.69, 9.17) is 9.26 Å². The van der Waals surface area contributed by atoms with Gasteiger partial charge in [0.1, 0.15) is 5.76 Å². The average Bonchev–Trinajstić information content (AvgIpc) is 3.07. The van der Waals surface area contributed by atoms with Crippen molar-refractivity contribution in [2.24, 2.45) is 11.3 Å². The van der Waals surface area contributed by atoms with E-state index in [0.717, 1.165) is 43.9 Å². The lowest BCUT2D eigenvalue weighted by Crippen LogP contribution is -2.45. The second-order valence-electron chi connectivity index (χ2n) is 7.28. The Hall–Kier alpha value is -0.960. The lowest BCUT2D eigenvalue weighted by Gasteiger charge is -2.42. The summed E-state index contributed by atoms with van der Waals surface area (Å²) in [6, 6.07) is 1.97. The van der Waals surface area contributed by atoms with Gasteiger partial charge in [-0.3, -0.25) is 4.90 Å². The third kappa shape index (κ3) is 3.66. The van der Waals surface area contributed by atoms with Gasteiger partial charge in [0.05, 0.1) is 18.6 Å². The van der Waals surface area contributed by atoms with Gasteiger partial charge in [0.2, 0.25) is 10.0 Å². The molecule has 0 aliphatic carbocycles. The van der Waals surface area contributed by atoms with Crippen LogP contribution in [0.4, 0.5) is 0 Å². The molecule has 0 saturated carbocycles. The predicted octanol–water partition coefficient (Wildman–Crippen LogP) is 1.10. The lowest BCUT2D eigenvalue weighted by molar-refractivity contribution is 0.0351. The van der Waals surface area contributed by atoms with Crippen LogP contribution < -0.4 is 0 Å². The van der Waals surface area contributed by atoms with Crippen LogP contribution in [-0.2, 0) is 21.3 Å². The molecule has 1 aromatic heterocycles. The molecule has 136 valence electrons. The maximum atomic E-state index is 12.0. The zero-order valence-corrected chi connectivity index (χ0v) is 15.5. The van der Waals surface area contributed by atoms with Crippen LogP contribution in [0.2, 0.25) is 0 Å². The van der Waals surface area contributed by atoms with E-state index in [1.807, 2.05) is 13.0 Å². The van der Waals surface area contributed by atoms with E-state index >= 15 is 0 Å². The SMILES string of the molecule is COC[C@@H]1CN(S(C)(=O)=O)CC12CCN(Cc1cc(C)on1)CC2. The van der Waals surface area contributed by atoms with Gasteiger partial charge in [-0.15, -0.1) is 0 Å². The fourth-order valence-corrected chi connectivity index (χ4v) is 5.05. The first kappa shape index (κ1) is 17.8. The Labute approximate surface area is 144 Å². The molecule has 1 spiro atoms. The average molecular weight is 357 g/mol. The summed E-state index contributed by atoms with van der Waals surface area (Å²) in [5.41, 5.74) is 0.996. The predicted molar refractivity (Wildman–Crippen MR) is 90.0 cm³/mol. The molecule has 2 aliphatic rings. The highest BCUT2D eigenvalue weighted by Crippen LogP contribution is 2.45. The number of aryl methyl sites for hydroxylation is 1. The van der Waals surface area contributed by atoms with E-state index in [1.165, 1.54) is 6.26 Å². The summed E-state index contributed by atoms with van der Waals surface area (Å²) in [5.74, 6) is 1.10. The zero-order chi connectivity index (χ0) is 17.4. The summed E-state index contributed by atoms with van der Waals surface area (Å²) >= 11 is 0. The standard InChI is InChI=1S/C16H27N3O4S/c1-13-8-15(17-23-13)10-18-6-4-16(5-7-18)12-19(24(3,20)21)9-14(16)11-22-2/h8,14H,4-7,9-12H2,1-3H3/t14-/m0/s1. The highest BCUT2D eigenvalue weighted by atomic mass is 32.2. The number of nitrogens with zero attached hydrogens (tertiary/aromatic N) is 3. The van der Waals surface area contributed by atoms with Crippen molar-refractivity contribution in [1.29, 1.82) is 0 Å². The number of hydrogen-bond acceptors (Lipinski definition) is 6. The zero-order valence-electron chi connectivity index (χ0n) is 14.7. The first-order valence-electron chi connectivity index (χ1n) is 8.41. The number of likely N-dealkylation sites (tertiary alicyclic amines) is 1. The molecule has 3 rings (SSSR count). The summed E-state index contributed by atoms with van der Waals surface area (Å²) < 4.78 is 36.1. The third-order valence-corrected chi connectivity index (χ3v) is 6.75. The van der Waals surface area contributed by atoms with Gasteiger partial charge in [-0.2, -0.15) is 0 Å². The monoisotopic (exact) mass is 357 g/mol. The molecular weight excluding hydrogens is 330 g/mol. The first-order valence-corrected chi connectivity index (χ1v) is 10.3. The van der Waals surface area contributed by atoms with Crippen LogP contribution >= 0.6 is 0 Å². The number of piperidine rings is 1. The van der Waals surface area contributed by atoms with E-state index in [2.05, 4.69) is 10.1 Å². The minimum Gasteiger partial charge on any atom is -0.384 e. The van der Waals surface area contributed by atoms with Crippen molar-refractivity contribution in [3.63, 3.8) is 0 Å². The maximum Gasteiger partial charge on any atom is 0.211 e. The van der Waals surface area contributed by atoms with E-state index in [1.54, 1.807) is 11.4 Å². The molecule has 0 N–H and O–H groups in total. The molecule has 0 radical (unpaired) electrons. The van der Waals surface area contributed by atoms with Crippen LogP contribution in [0.1, 0.15) is 24.3 Å². The van der Waals surface area contributed by atoms with E-state index < -0.39 is 10.0 Å². The molecular formula is C16H27N3O4S. The molecule has 0 amide bonds. The van der Waals surface area contributed by atoms with Gasteiger partial charge in [-0.1, -0.05) is 5.16 Å². The number of methoxy groups -OCH3 is 1. The lowest BCUT2D eigenvalue weighted by atomic mass is 9.71. The van der Waals surface area contributed by atoms with Crippen molar-refractivity contribution >= 4 is 10.0 Å². The number of sulfonamides is 1. The summed E-state index contributed by atoms with van der Waals surface area (Å²) in [6.07, 6.45) is 3.28. The largest absolute Gasteiger partial charge is 0.384 e. The Bertz CT molecular complexity index is 665. The Kier molecular flexibility index (Phi) is 5.01. The van der Waals surface area contributed by atoms with Gasteiger partial charge in [-0.25, -0.2) is 12.7 Å². The first-order chi connectivity index (χ1) is 11.3. The van der Waals surface area contributed by atoms with Crippen molar-refractivity contribution in [3.8, 4) is 0 Å². The number of hydrogen-bond donors (Lipinski definition) is 0. The van der Waals surface area contributed by atoms with Crippen LogP contribution in [0.5, 0.6) is 0 Å². The Morgan fingerprint density at radius 2 is 2.12 bits per heavy atom. The molecule has 3 heterocycles. The Balaban J connectivity index is 1.65. The van der Waals surface area contributed by atoms with Gasteiger partial charge in [0, 0.05) is 38.7 Å². The molecule has 0 aromatic carbocycles. The third-order valence-electron chi connectivity index (χ3n) is 5.53. The van der Waals surface area contributed by atoms with Crippen molar-refractivity contribution in [1.82, 2.24) is 14.4 Å². The summed E-state index contributed by atoms with van der Waals surface area (Å²) in [6.45, 7) is 6.40. The molecule has 7 nitrogen and oxygen atoms in total. The number of aromatic nitrogens is 1. The second-order valence-corrected chi connectivity index (χ2v) is 9.26. The van der Waals surface area contributed by atoms with Crippen LogP contribution in [0.25, 0.3) is 0 Å². The minimum absolute atomic E-state index is 0.0370. The fourth-order valence-electron chi connectivity index (χ4n) is 4.11. The van der Waals surface area contributed by atoms with Crippen LogP contribution in [0.3, 0.4) is 0 Å². The van der Waals surface area contributed by atoms with Gasteiger partial charge >= 0.3 is 0 Å². The Morgan fingerprint density at radius 3 is 2.67 bits per heavy atom. The molecule has 1 atom stereocenters. The number of ether oxygens (including phenoxy) is 1. The van der Waals surface area contributed by atoms with Crippen molar-refractivity contribution in [2.75, 3.05) is 46.2 Å².